The number of oxazole rings is 1. The van der Waals surface area contributed by atoms with E-state index in [1.807, 2.05) is 26.0 Å². The van der Waals surface area contributed by atoms with Gasteiger partial charge in [-0.1, -0.05) is 26.7 Å². The summed E-state index contributed by atoms with van der Waals surface area (Å²) in [5.41, 5.74) is 5.20. The molecule has 0 atom stereocenters. The second-order valence-electron chi connectivity index (χ2n) is 10.9. The summed E-state index contributed by atoms with van der Waals surface area (Å²) in [5.74, 6) is 1.08. The summed E-state index contributed by atoms with van der Waals surface area (Å²) < 4.78 is 23.4. The van der Waals surface area contributed by atoms with Crippen molar-refractivity contribution < 1.29 is 28.2 Å². The van der Waals surface area contributed by atoms with Crippen molar-refractivity contribution in [3.8, 4) is 28.7 Å². The van der Waals surface area contributed by atoms with Gasteiger partial charge in [0.05, 0.1) is 24.3 Å². The van der Waals surface area contributed by atoms with Crippen LogP contribution >= 0.6 is 0 Å². The number of nitrogens with zero attached hydrogens (tertiary/aromatic N) is 1. The lowest BCUT2D eigenvalue weighted by molar-refractivity contribution is 0.0735. The number of aromatic nitrogens is 1. The lowest BCUT2D eigenvalue weighted by Crippen LogP contribution is -2.13. The maximum Gasteiger partial charge on any atom is 0.343 e. The van der Waals surface area contributed by atoms with Gasteiger partial charge in [0.25, 0.3) is 5.91 Å². The second kappa shape index (κ2) is 14.6. The van der Waals surface area contributed by atoms with Gasteiger partial charge in [0.1, 0.15) is 22.8 Å². The monoisotopic (exact) mass is 606 g/mol. The Morgan fingerprint density at radius 2 is 1.36 bits per heavy atom. The Morgan fingerprint density at radius 3 is 1.98 bits per heavy atom. The average Bonchev–Trinajstić information content (AvgIpc) is 3.45. The molecule has 0 unspecified atom stereocenters. The summed E-state index contributed by atoms with van der Waals surface area (Å²) in [6.07, 6.45) is 4.01. The lowest BCUT2D eigenvalue weighted by Gasteiger charge is -2.12. The topological polar surface area (TPSA) is 99.9 Å². The zero-order valence-corrected chi connectivity index (χ0v) is 26.1. The van der Waals surface area contributed by atoms with Gasteiger partial charge >= 0.3 is 5.97 Å². The molecule has 0 saturated carbocycles. The molecule has 1 heterocycles. The van der Waals surface area contributed by atoms with E-state index in [0.717, 1.165) is 36.8 Å². The van der Waals surface area contributed by atoms with Crippen molar-refractivity contribution >= 4 is 28.7 Å². The molecule has 232 valence electrons. The molecule has 4 aromatic carbocycles. The number of rotatable bonds is 13. The number of fused-ring (bicyclic) bond motifs is 1. The fraction of sp³-hybridized carbons (Fsp3) is 0.270. The van der Waals surface area contributed by atoms with Gasteiger partial charge in [-0.15, -0.1) is 0 Å². The number of ether oxygens (including phenoxy) is 3. The van der Waals surface area contributed by atoms with Crippen LogP contribution in [0.15, 0.2) is 83.3 Å². The summed E-state index contributed by atoms with van der Waals surface area (Å²) >= 11 is 0. The van der Waals surface area contributed by atoms with Crippen molar-refractivity contribution in [1.82, 2.24) is 4.98 Å². The van der Waals surface area contributed by atoms with Gasteiger partial charge in [-0.25, -0.2) is 9.78 Å². The van der Waals surface area contributed by atoms with Crippen LogP contribution in [0.5, 0.6) is 17.2 Å². The van der Waals surface area contributed by atoms with E-state index < -0.39 is 5.97 Å². The van der Waals surface area contributed by atoms with E-state index in [-0.39, 0.29) is 17.5 Å². The minimum atomic E-state index is -0.544. The van der Waals surface area contributed by atoms with Crippen LogP contribution in [0, 0.1) is 13.8 Å². The van der Waals surface area contributed by atoms with E-state index in [9.17, 15) is 9.59 Å². The third kappa shape index (κ3) is 7.89. The summed E-state index contributed by atoms with van der Waals surface area (Å²) in [6.45, 7) is 9.48. The number of amides is 1. The zero-order valence-electron chi connectivity index (χ0n) is 26.1. The van der Waals surface area contributed by atoms with Gasteiger partial charge in [-0.05, 0) is 117 Å². The quantitative estimate of drug-likeness (QED) is 0.0811. The number of hydrogen-bond donors (Lipinski definition) is 1. The summed E-state index contributed by atoms with van der Waals surface area (Å²) in [7, 11) is 0. The van der Waals surface area contributed by atoms with Crippen LogP contribution in [0.4, 0.5) is 5.69 Å². The highest BCUT2D eigenvalue weighted by atomic mass is 16.5. The number of nitrogens with one attached hydrogen (secondary N) is 1. The first kappa shape index (κ1) is 31.3. The van der Waals surface area contributed by atoms with Gasteiger partial charge in [0, 0.05) is 11.3 Å². The van der Waals surface area contributed by atoms with Crippen molar-refractivity contribution in [1.29, 1.82) is 0 Å². The molecule has 0 spiro atoms. The Kier molecular flexibility index (Phi) is 10.1. The highest BCUT2D eigenvalue weighted by Crippen LogP contribution is 2.35. The second-order valence-corrected chi connectivity index (χ2v) is 10.9. The van der Waals surface area contributed by atoms with Crippen LogP contribution in [-0.2, 0) is 0 Å². The standard InChI is InChI=1S/C37H38N2O6/c1-5-7-19-42-29-14-9-26(10-15-29)35(40)38-28-13-18-33(45-37(41)27-11-16-30(17-12-27)43-20-8-6-2)31(23-28)36-39-32-21-24(3)25(4)22-34(32)44-36/h9-18,21-23H,5-8,19-20H2,1-4H3,(H,38,40). The molecule has 0 aliphatic rings. The van der Waals surface area contributed by atoms with Crippen LogP contribution in [-0.4, -0.2) is 30.1 Å². The smallest absolute Gasteiger partial charge is 0.343 e. The van der Waals surface area contributed by atoms with Gasteiger partial charge in [-0.3, -0.25) is 4.79 Å². The molecular formula is C37H38N2O6. The first-order valence-electron chi connectivity index (χ1n) is 15.4. The van der Waals surface area contributed by atoms with E-state index in [1.54, 1.807) is 66.7 Å². The summed E-state index contributed by atoms with van der Waals surface area (Å²) in [6, 6.07) is 22.7. The number of unbranched alkanes of at least 4 members (excludes halogenated alkanes) is 2. The van der Waals surface area contributed by atoms with Crippen LogP contribution in [0.25, 0.3) is 22.6 Å². The number of benzene rings is 4. The number of aryl methyl sites for hydroxylation is 2. The van der Waals surface area contributed by atoms with Crippen LogP contribution in [0.1, 0.15) is 71.4 Å². The van der Waals surface area contributed by atoms with E-state index in [0.29, 0.717) is 58.2 Å². The first-order chi connectivity index (χ1) is 21.8. The third-order valence-electron chi connectivity index (χ3n) is 7.41. The van der Waals surface area contributed by atoms with E-state index in [1.165, 1.54) is 0 Å². The summed E-state index contributed by atoms with van der Waals surface area (Å²) in [4.78, 5) is 31.0. The molecule has 8 nitrogen and oxygen atoms in total. The first-order valence-corrected chi connectivity index (χ1v) is 15.4. The molecule has 1 aromatic heterocycles. The fourth-order valence-corrected chi connectivity index (χ4v) is 4.58. The molecule has 0 aliphatic carbocycles. The SMILES string of the molecule is CCCCOc1ccc(C(=O)Nc2ccc(OC(=O)c3ccc(OCCCC)cc3)c(-c3nc4cc(C)c(C)cc4o3)c2)cc1. The van der Waals surface area contributed by atoms with Crippen molar-refractivity contribution in [2.24, 2.45) is 0 Å². The van der Waals surface area contributed by atoms with E-state index in [2.05, 4.69) is 19.2 Å². The van der Waals surface area contributed by atoms with E-state index >= 15 is 0 Å². The van der Waals surface area contributed by atoms with Crippen molar-refractivity contribution in [3.05, 3.63) is 101 Å². The number of esters is 1. The van der Waals surface area contributed by atoms with Crippen LogP contribution in [0.2, 0.25) is 0 Å². The van der Waals surface area contributed by atoms with Gasteiger partial charge in [0.2, 0.25) is 5.89 Å². The largest absolute Gasteiger partial charge is 0.494 e. The third-order valence-corrected chi connectivity index (χ3v) is 7.41. The van der Waals surface area contributed by atoms with Gasteiger partial charge < -0.3 is 23.9 Å². The Morgan fingerprint density at radius 1 is 0.756 bits per heavy atom. The van der Waals surface area contributed by atoms with Crippen LogP contribution < -0.4 is 19.5 Å². The molecule has 1 amide bonds. The molecule has 0 aliphatic heterocycles. The van der Waals surface area contributed by atoms with Gasteiger partial charge in [-0.2, -0.15) is 0 Å². The van der Waals surface area contributed by atoms with E-state index in [4.69, 9.17) is 23.6 Å². The van der Waals surface area contributed by atoms with Crippen molar-refractivity contribution in [3.63, 3.8) is 0 Å². The normalized spacial score (nSPS) is 10.9. The molecule has 5 rings (SSSR count). The molecule has 0 bridgehead atoms. The van der Waals surface area contributed by atoms with Crippen molar-refractivity contribution in [2.75, 3.05) is 18.5 Å². The number of anilines is 1. The molecule has 0 saturated heterocycles. The number of carbonyl (C=O) groups excluding carboxylic acids is 2. The molecule has 1 N–H and O–H groups in total. The molecular weight excluding hydrogens is 568 g/mol. The van der Waals surface area contributed by atoms with Crippen molar-refractivity contribution in [2.45, 2.75) is 53.4 Å². The maximum atomic E-state index is 13.2. The Labute approximate surface area is 263 Å². The average molecular weight is 607 g/mol. The Hall–Kier alpha value is -5.11. The highest BCUT2D eigenvalue weighted by molar-refractivity contribution is 6.04. The predicted octanol–water partition coefficient (Wildman–Crippen LogP) is 8.94. The predicted molar refractivity (Wildman–Crippen MR) is 176 cm³/mol. The minimum Gasteiger partial charge on any atom is -0.494 e. The lowest BCUT2D eigenvalue weighted by atomic mass is 10.1. The van der Waals surface area contributed by atoms with Crippen LogP contribution in [0.3, 0.4) is 0 Å². The molecule has 45 heavy (non-hydrogen) atoms. The van der Waals surface area contributed by atoms with Gasteiger partial charge in [0.15, 0.2) is 5.58 Å². The fourth-order valence-electron chi connectivity index (χ4n) is 4.58. The number of hydrogen-bond acceptors (Lipinski definition) is 7. The minimum absolute atomic E-state index is 0.245. The summed E-state index contributed by atoms with van der Waals surface area (Å²) in [5, 5.41) is 2.93. The highest BCUT2D eigenvalue weighted by Gasteiger charge is 2.19. The molecule has 0 fully saturated rings. The Bertz CT molecular complexity index is 1740. The maximum absolute atomic E-state index is 13.2. The molecule has 8 heteroatoms. The number of carbonyl (C=O) groups is 2. The molecule has 5 aromatic rings. The zero-order chi connectivity index (χ0) is 31.8. The molecule has 0 radical (unpaired) electrons. The Balaban J connectivity index is 1.40.